The van der Waals surface area contributed by atoms with Crippen molar-refractivity contribution >= 4 is 34.7 Å². The van der Waals surface area contributed by atoms with Crippen molar-refractivity contribution in [3.63, 3.8) is 0 Å². The number of carbonyl (C=O) groups is 1. The van der Waals surface area contributed by atoms with Crippen molar-refractivity contribution < 1.29 is 14.3 Å². The highest BCUT2D eigenvalue weighted by atomic mass is 35.5. The number of rotatable bonds is 8. The van der Waals surface area contributed by atoms with Gasteiger partial charge in [0.15, 0.2) is 11.6 Å². The smallest absolute Gasteiger partial charge is 0.255 e. The second kappa shape index (κ2) is 10.5. The highest BCUT2D eigenvalue weighted by Gasteiger charge is 2.30. The summed E-state index contributed by atoms with van der Waals surface area (Å²) in [5.74, 6) is 1.94. The molecule has 0 spiro atoms. The number of hydrogen-bond donors (Lipinski definition) is 3. The van der Waals surface area contributed by atoms with Gasteiger partial charge in [0, 0.05) is 56.3 Å². The fraction of sp³-hybridized carbons (Fsp3) is 0.321. The summed E-state index contributed by atoms with van der Waals surface area (Å²) in [4.78, 5) is 23.2. The van der Waals surface area contributed by atoms with Gasteiger partial charge in [-0.15, -0.1) is 0 Å². The van der Waals surface area contributed by atoms with Crippen LogP contribution in [0.2, 0.25) is 5.02 Å². The Kier molecular flexibility index (Phi) is 6.78. The van der Waals surface area contributed by atoms with Crippen molar-refractivity contribution in [3.05, 3.63) is 65.2 Å². The van der Waals surface area contributed by atoms with Crippen LogP contribution < -0.4 is 25.0 Å². The maximum absolute atomic E-state index is 13.0. The number of hydrogen-bond acceptors (Lipinski definition) is 7. The summed E-state index contributed by atoms with van der Waals surface area (Å²) in [6, 6.07) is 9.59. The minimum atomic E-state index is -0.143. The quantitative estimate of drug-likeness (QED) is 0.297. The molecule has 2 aliphatic heterocycles. The number of aromatic nitrogens is 4. The lowest BCUT2D eigenvalue weighted by Crippen LogP contribution is -2.34. The van der Waals surface area contributed by atoms with Crippen LogP contribution in [-0.4, -0.2) is 58.5 Å². The fourth-order valence-electron chi connectivity index (χ4n) is 5.41. The molecule has 4 aromatic rings. The number of halogens is 1. The van der Waals surface area contributed by atoms with Gasteiger partial charge in [-0.05, 0) is 31.0 Å². The number of para-hydroxylation sites is 1. The number of pyridine rings is 1. The second-order valence-electron chi connectivity index (χ2n) is 9.70. The zero-order valence-electron chi connectivity index (χ0n) is 21.8. The number of ether oxygens (including phenoxy) is 2. The van der Waals surface area contributed by atoms with E-state index in [1.54, 1.807) is 25.6 Å². The van der Waals surface area contributed by atoms with E-state index < -0.39 is 0 Å². The first kappa shape index (κ1) is 25.1. The van der Waals surface area contributed by atoms with E-state index in [1.807, 2.05) is 42.2 Å². The third kappa shape index (κ3) is 4.76. The molecule has 1 aromatic carbocycles. The largest absolute Gasteiger partial charge is 0.493 e. The molecule has 6 rings (SSSR count). The van der Waals surface area contributed by atoms with Gasteiger partial charge in [0.1, 0.15) is 12.4 Å². The molecule has 1 fully saturated rings. The number of nitrogens with zero attached hydrogens (tertiary/aromatic N) is 4. The third-order valence-corrected chi connectivity index (χ3v) is 7.55. The molecular weight excluding hydrogens is 518 g/mol. The second-order valence-corrected chi connectivity index (χ2v) is 10.1. The van der Waals surface area contributed by atoms with Gasteiger partial charge in [0.2, 0.25) is 0 Å². The van der Waals surface area contributed by atoms with E-state index in [0.717, 1.165) is 42.2 Å². The minimum Gasteiger partial charge on any atom is -0.493 e. The van der Waals surface area contributed by atoms with Gasteiger partial charge in [-0.3, -0.25) is 14.5 Å². The van der Waals surface area contributed by atoms with Crippen LogP contribution >= 0.6 is 11.6 Å². The van der Waals surface area contributed by atoms with Gasteiger partial charge >= 0.3 is 0 Å². The molecule has 1 amide bonds. The lowest BCUT2D eigenvalue weighted by Gasteiger charge is -2.25. The van der Waals surface area contributed by atoms with Gasteiger partial charge in [0.25, 0.3) is 5.91 Å². The highest BCUT2D eigenvalue weighted by Crippen LogP contribution is 2.43. The van der Waals surface area contributed by atoms with Crippen molar-refractivity contribution in [3.8, 4) is 22.8 Å². The van der Waals surface area contributed by atoms with E-state index in [0.29, 0.717) is 53.0 Å². The Bertz CT molecular complexity index is 1510. The molecule has 1 saturated heterocycles. The summed E-state index contributed by atoms with van der Waals surface area (Å²) in [6.07, 6.45) is 8.19. The minimum absolute atomic E-state index is 0.143. The Morgan fingerprint density at radius 2 is 2.15 bits per heavy atom. The molecule has 1 atom stereocenters. The SMILES string of the molecule is COc1c(Cl)cccc1Nc1c(-c2ccncc2OC[C@@H]2CCCN2c2ccn(C)n2)[nH]c2c1C(=O)NCC2. The Morgan fingerprint density at radius 3 is 2.97 bits per heavy atom. The van der Waals surface area contributed by atoms with Gasteiger partial charge in [-0.1, -0.05) is 17.7 Å². The van der Waals surface area contributed by atoms with Crippen molar-refractivity contribution in [2.75, 3.05) is 37.0 Å². The number of nitrogens with one attached hydrogen (secondary N) is 3. The Hall–Kier alpha value is -4.18. The first-order chi connectivity index (χ1) is 19.0. The number of methoxy groups -OCH3 is 1. The van der Waals surface area contributed by atoms with Gasteiger partial charge in [-0.2, -0.15) is 5.10 Å². The van der Waals surface area contributed by atoms with Gasteiger partial charge in [0.05, 0.1) is 47.0 Å². The Labute approximate surface area is 231 Å². The van der Waals surface area contributed by atoms with E-state index >= 15 is 0 Å². The topological polar surface area (TPSA) is 109 Å². The summed E-state index contributed by atoms with van der Waals surface area (Å²) in [5.41, 5.74) is 4.26. The summed E-state index contributed by atoms with van der Waals surface area (Å²) >= 11 is 6.39. The molecule has 3 aromatic heterocycles. The van der Waals surface area contributed by atoms with E-state index in [2.05, 4.69) is 30.6 Å². The molecule has 3 N–H and O–H groups in total. The molecule has 202 valence electrons. The predicted octanol–water partition coefficient (Wildman–Crippen LogP) is 4.55. The first-order valence-electron chi connectivity index (χ1n) is 13.0. The van der Waals surface area contributed by atoms with E-state index in [-0.39, 0.29) is 11.9 Å². The van der Waals surface area contributed by atoms with Crippen LogP contribution in [0.25, 0.3) is 11.3 Å². The molecule has 0 bridgehead atoms. The summed E-state index contributed by atoms with van der Waals surface area (Å²) in [5, 5.41) is 11.4. The molecular formula is C28H30ClN7O3. The highest BCUT2D eigenvalue weighted by molar-refractivity contribution is 6.32. The number of amides is 1. The summed E-state index contributed by atoms with van der Waals surface area (Å²) in [7, 11) is 3.49. The number of fused-ring (bicyclic) bond motifs is 1. The lowest BCUT2D eigenvalue weighted by molar-refractivity contribution is 0.0947. The van der Waals surface area contributed by atoms with E-state index in [9.17, 15) is 4.79 Å². The van der Waals surface area contributed by atoms with Crippen LogP contribution in [0.5, 0.6) is 11.5 Å². The standard InChI is InChI=1S/C28H30ClN7O3/c1-35-14-10-23(34-35)36-13-4-5-17(36)16-39-22-15-30-11-8-18(22)25-26(24-20(32-25)9-12-31-28(24)37)33-21-7-3-6-19(29)27(21)38-2/h3,6-8,10-11,14-15,17,32-33H,4-5,9,12-13,16H2,1-2H3,(H,31,37)/t17-/m0/s1. The molecule has 0 aliphatic carbocycles. The summed E-state index contributed by atoms with van der Waals surface area (Å²) < 4.78 is 13.8. The van der Waals surface area contributed by atoms with Crippen molar-refractivity contribution in [1.82, 2.24) is 25.1 Å². The Balaban J connectivity index is 1.35. The number of carbonyl (C=O) groups excluding carboxylic acids is 1. The maximum Gasteiger partial charge on any atom is 0.255 e. The van der Waals surface area contributed by atoms with Crippen LogP contribution in [0.1, 0.15) is 28.9 Å². The van der Waals surface area contributed by atoms with E-state index in [1.165, 1.54) is 0 Å². The average molecular weight is 548 g/mol. The number of H-pyrrole nitrogens is 1. The van der Waals surface area contributed by atoms with Gasteiger partial charge in [-0.25, -0.2) is 0 Å². The van der Waals surface area contributed by atoms with Crippen molar-refractivity contribution in [2.45, 2.75) is 25.3 Å². The number of anilines is 3. The Morgan fingerprint density at radius 1 is 1.26 bits per heavy atom. The van der Waals surface area contributed by atoms with E-state index in [4.69, 9.17) is 21.1 Å². The van der Waals surface area contributed by atoms with Crippen molar-refractivity contribution in [1.29, 1.82) is 0 Å². The summed E-state index contributed by atoms with van der Waals surface area (Å²) in [6.45, 7) is 2.00. The monoisotopic (exact) mass is 547 g/mol. The molecule has 39 heavy (non-hydrogen) atoms. The molecule has 0 saturated carbocycles. The third-order valence-electron chi connectivity index (χ3n) is 7.25. The van der Waals surface area contributed by atoms with Crippen LogP contribution in [0.4, 0.5) is 17.2 Å². The van der Waals surface area contributed by atoms with Crippen LogP contribution in [-0.2, 0) is 13.5 Å². The molecule has 0 unspecified atom stereocenters. The molecule has 2 aliphatic rings. The average Bonchev–Trinajstić information content (AvgIpc) is 3.67. The van der Waals surface area contributed by atoms with Crippen LogP contribution in [0.3, 0.4) is 0 Å². The first-order valence-corrected chi connectivity index (χ1v) is 13.4. The number of benzene rings is 1. The van der Waals surface area contributed by atoms with Gasteiger partial charge < -0.3 is 30.0 Å². The zero-order chi connectivity index (χ0) is 26.9. The van der Waals surface area contributed by atoms with Crippen LogP contribution in [0, 0.1) is 0 Å². The molecule has 11 heteroatoms. The molecule has 0 radical (unpaired) electrons. The normalized spacial score (nSPS) is 16.6. The maximum atomic E-state index is 13.0. The predicted molar refractivity (Wildman–Crippen MR) is 150 cm³/mol. The molecule has 5 heterocycles. The lowest BCUT2D eigenvalue weighted by atomic mass is 10.0. The number of aryl methyl sites for hydroxylation is 1. The number of aromatic amines is 1. The molecule has 10 nitrogen and oxygen atoms in total. The fourth-order valence-corrected chi connectivity index (χ4v) is 5.66. The zero-order valence-corrected chi connectivity index (χ0v) is 22.6. The van der Waals surface area contributed by atoms with Crippen LogP contribution in [0.15, 0.2) is 48.9 Å². The van der Waals surface area contributed by atoms with Crippen molar-refractivity contribution in [2.24, 2.45) is 7.05 Å².